The lowest BCUT2D eigenvalue weighted by molar-refractivity contribution is -0.297. The Morgan fingerprint density at radius 1 is 0.824 bits per heavy atom. The van der Waals surface area contributed by atoms with Crippen LogP contribution in [0.3, 0.4) is 0 Å². The monoisotopic (exact) mass is 475 g/mol. The highest BCUT2D eigenvalue weighted by Gasteiger charge is 2.53. The third-order valence-electron chi connectivity index (χ3n) is 4.75. The molecule has 1 fully saturated rings. The van der Waals surface area contributed by atoms with Gasteiger partial charge in [0.1, 0.15) is 11.8 Å². The van der Waals surface area contributed by atoms with Crippen LogP contribution in [-0.2, 0) is 49.4 Å². The molecular formula is C22H25N3O9. The maximum atomic E-state index is 11.9. The summed E-state index contributed by atoms with van der Waals surface area (Å²) in [6.07, 6.45) is -4.67. The molecular weight excluding hydrogens is 450 g/mol. The third kappa shape index (κ3) is 6.38. The lowest BCUT2D eigenvalue weighted by atomic mass is 9.97. The zero-order chi connectivity index (χ0) is 24.8. The normalized spacial score (nSPS) is 24.1. The van der Waals surface area contributed by atoms with Gasteiger partial charge in [-0.25, -0.2) is 4.68 Å². The van der Waals surface area contributed by atoms with Gasteiger partial charge in [-0.3, -0.25) is 19.2 Å². The van der Waals surface area contributed by atoms with Crippen LogP contribution < -0.4 is 0 Å². The van der Waals surface area contributed by atoms with Gasteiger partial charge < -0.3 is 23.7 Å². The summed E-state index contributed by atoms with van der Waals surface area (Å²) in [5.74, 6) is -2.88. The summed E-state index contributed by atoms with van der Waals surface area (Å²) in [6, 6.07) is 9.32. The van der Waals surface area contributed by atoms with E-state index in [-0.39, 0.29) is 6.54 Å². The molecule has 0 bridgehead atoms. The maximum Gasteiger partial charge on any atom is 0.305 e. The number of rotatable bonds is 7. The molecule has 1 aliphatic rings. The Morgan fingerprint density at radius 2 is 1.38 bits per heavy atom. The highest BCUT2D eigenvalue weighted by atomic mass is 16.7. The number of hydrogen-bond acceptors (Lipinski definition) is 11. The van der Waals surface area contributed by atoms with E-state index in [2.05, 4.69) is 10.3 Å². The second kappa shape index (κ2) is 10.9. The number of carbonyl (C=O) groups is 4. The van der Waals surface area contributed by atoms with Gasteiger partial charge in [0.15, 0.2) is 12.2 Å². The van der Waals surface area contributed by atoms with Crippen LogP contribution in [0.5, 0.6) is 0 Å². The number of carbonyl (C=O) groups excluding carboxylic acids is 4. The molecule has 1 aromatic carbocycles. The lowest BCUT2D eigenvalue weighted by Crippen LogP contribution is -2.62. The molecule has 1 aromatic heterocycles. The number of aromatic nitrogens is 3. The molecule has 0 N–H and O–H groups in total. The van der Waals surface area contributed by atoms with Crippen LogP contribution in [-0.4, -0.2) is 69.6 Å². The van der Waals surface area contributed by atoms with Crippen LogP contribution in [0.15, 0.2) is 36.5 Å². The van der Waals surface area contributed by atoms with E-state index < -0.39 is 54.6 Å². The third-order valence-corrected chi connectivity index (χ3v) is 4.75. The van der Waals surface area contributed by atoms with Gasteiger partial charge in [-0.15, -0.1) is 5.10 Å². The minimum absolute atomic E-state index is 0.0138. The molecule has 0 saturated carbocycles. The van der Waals surface area contributed by atoms with Crippen molar-refractivity contribution in [2.45, 2.75) is 64.9 Å². The number of ether oxygens (including phenoxy) is 5. The smallest absolute Gasteiger partial charge is 0.305 e. The van der Waals surface area contributed by atoms with E-state index in [1.807, 2.05) is 30.3 Å². The van der Waals surface area contributed by atoms with Crippen molar-refractivity contribution in [1.29, 1.82) is 0 Å². The van der Waals surface area contributed by atoms with Crippen molar-refractivity contribution in [2.24, 2.45) is 0 Å². The molecule has 1 saturated heterocycles. The van der Waals surface area contributed by atoms with Gasteiger partial charge in [0, 0.05) is 33.3 Å². The zero-order valence-electron chi connectivity index (χ0n) is 19.1. The first-order chi connectivity index (χ1) is 16.1. The van der Waals surface area contributed by atoms with Crippen molar-refractivity contribution < 1.29 is 42.9 Å². The summed E-state index contributed by atoms with van der Waals surface area (Å²) in [5, 5.41) is 8.22. The topological polar surface area (TPSA) is 145 Å². The summed E-state index contributed by atoms with van der Waals surface area (Å²) < 4.78 is 28.5. The van der Waals surface area contributed by atoms with Gasteiger partial charge in [-0.1, -0.05) is 35.5 Å². The molecule has 3 rings (SSSR count). The second-order valence-electron chi connectivity index (χ2n) is 7.57. The van der Waals surface area contributed by atoms with Gasteiger partial charge in [0.05, 0.1) is 12.7 Å². The van der Waals surface area contributed by atoms with Gasteiger partial charge in [-0.2, -0.15) is 0 Å². The first-order valence-electron chi connectivity index (χ1n) is 10.4. The highest BCUT2D eigenvalue weighted by Crippen LogP contribution is 2.30. The zero-order valence-corrected chi connectivity index (χ0v) is 19.1. The molecule has 2 aromatic rings. The number of nitrogens with zero attached hydrogens (tertiary/aromatic N) is 3. The minimum Gasteiger partial charge on any atom is -0.456 e. The van der Waals surface area contributed by atoms with E-state index in [0.717, 1.165) is 26.3 Å². The van der Waals surface area contributed by atoms with Crippen LogP contribution in [0.4, 0.5) is 0 Å². The maximum absolute atomic E-state index is 11.9. The lowest BCUT2D eigenvalue weighted by Gasteiger charge is -2.43. The molecule has 0 aliphatic carbocycles. The predicted octanol–water partition coefficient (Wildman–Crippen LogP) is 1.03. The largest absolute Gasteiger partial charge is 0.456 e. The first kappa shape index (κ1) is 24.8. The van der Waals surface area contributed by atoms with E-state index in [4.69, 9.17) is 23.7 Å². The number of esters is 4. The summed E-state index contributed by atoms with van der Waals surface area (Å²) in [6.45, 7) is 4.57. The summed E-state index contributed by atoms with van der Waals surface area (Å²) in [4.78, 5) is 47.1. The Kier molecular flexibility index (Phi) is 7.95. The fourth-order valence-corrected chi connectivity index (χ4v) is 3.57. The van der Waals surface area contributed by atoms with Crippen LogP contribution in [0, 0.1) is 0 Å². The molecule has 0 amide bonds. The average molecular weight is 475 g/mol. The first-order valence-corrected chi connectivity index (χ1v) is 10.4. The van der Waals surface area contributed by atoms with Gasteiger partial charge >= 0.3 is 23.9 Å². The molecule has 182 valence electrons. The standard InChI is InChI=1S/C22H25N3O9/c1-12(26)30-19-18(11-25-10-17(23-24-25)16-8-6-5-7-9-16)34-22(33-15(4)29)21(32-14(3)28)20(19)31-13(2)27/h5-10,18-22H,11H2,1-4H3. The van der Waals surface area contributed by atoms with Crippen molar-refractivity contribution in [3.63, 3.8) is 0 Å². The van der Waals surface area contributed by atoms with E-state index in [0.29, 0.717) is 5.69 Å². The molecule has 1 aliphatic heterocycles. The highest BCUT2D eigenvalue weighted by molar-refractivity contribution is 5.69. The number of benzene rings is 1. The Hall–Kier alpha value is -3.80. The van der Waals surface area contributed by atoms with Crippen molar-refractivity contribution in [2.75, 3.05) is 0 Å². The van der Waals surface area contributed by atoms with Gasteiger partial charge in [0.2, 0.25) is 12.4 Å². The second-order valence-corrected chi connectivity index (χ2v) is 7.57. The van der Waals surface area contributed by atoms with Crippen LogP contribution >= 0.6 is 0 Å². The van der Waals surface area contributed by atoms with Crippen LogP contribution in [0.1, 0.15) is 27.7 Å². The SMILES string of the molecule is CC(=O)OC1OC(Cn2cc(-c3ccccc3)nn2)C(OC(C)=O)C(OC(C)=O)C1OC(C)=O. The average Bonchev–Trinajstić information content (AvgIpc) is 3.21. The molecule has 5 unspecified atom stereocenters. The van der Waals surface area contributed by atoms with Crippen molar-refractivity contribution in [3.05, 3.63) is 36.5 Å². The minimum atomic E-state index is -1.43. The van der Waals surface area contributed by atoms with E-state index >= 15 is 0 Å². The fourth-order valence-electron chi connectivity index (χ4n) is 3.57. The van der Waals surface area contributed by atoms with Crippen LogP contribution in [0.25, 0.3) is 11.3 Å². The van der Waals surface area contributed by atoms with Crippen molar-refractivity contribution in [3.8, 4) is 11.3 Å². The molecule has 34 heavy (non-hydrogen) atoms. The Balaban J connectivity index is 1.95. The molecule has 12 heteroatoms. The predicted molar refractivity (Wildman–Crippen MR) is 113 cm³/mol. The van der Waals surface area contributed by atoms with Crippen LogP contribution in [0.2, 0.25) is 0 Å². The van der Waals surface area contributed by atoms with Crippen molar-refractivity contribution >= 4 is 23.9 Å². The molecule has 0 radical (unpaired) electrons. The van der Waals surface area contributed by atoms with E-state index in [1.165, 1.54) is 11.6 Å². The number of hydrogen-bond donors (Lipinski definition) is 0. The fraction of sp³-hybridized carbons (Fsp3) is 0.455. The summed E-state index contributed by atoms with van der Waals surface area (Å²) in [7, 11) is 0. The molecule has 5 atom stereocenters. The van der Waals surface area contributed by atoms with E-state index in [9.17, 15) is 19.2 Å². The molecule has 0 spiro atoms. The molecule has 12 nitrogen and oxygen atoms in total. The quantitative estimate of drug-likeness (QED) is 0.418. The summed E-state index contributed by atoms with van der Waals surface area (Å²) in [5.41, 5.74) is 1.42. The Morgan fingerprint density at radius 3 is 1.97 bits per heavy atom. The van der Waals surface area contributed by atoms with Gasteiger partial charge in [-0.05, 0) is 0 Å². The Labute approximate surface area is 195 Å². The van der Waals surface area contributed by atoms with Crippen molar-refractivity contribution in [1.82, 2.24) is 15.0 Å². The Bertz CT molecular complexity index is 1040. The summed E-state index contributed by atoms with van der Waals surface area (Å²) >= 11 is 0. The van der Waals surface area contributed by atoms with E-state index in [1.54, 1.807) is 6.20 Å². The van der Waals surface area contributed by atoms with Gasteiger partial charge in [0.25, 0.3) is 0 Å². The molecule has 2 heterocycles.